The number of hydrogen-bond donors (Lipinski definition) is 1. The van der Waals surface area contributed by atoms with Crippen molar-refractivity contribution < 1.29 is 9.82 Å². The van der Waals surface area contributed by atoms with Crippen LogP contribution in [0.2, 0.25) is 0 Å². The van der Waals surface area contributed by atoms with E-state index in [1.54, 1.807) is 18.2 Å². The highest BCUT2D eigenvalue weighted by molar-refractivity contribution is 7.99. The van der Waals surface area contributed by atoms with Crippen molar-refractivity contribution >= 4 is 17.4 Å². The standard InChI is InChI=1S/C11H14N2O2S/c14-13(15)11-3-1-2-10(8-11)9-12-4-6-16-7-5-12/h1-3,8H,4-7,9H2/p+1. The van der Waals surface area contributed by atoms with Crippen LogP contribution in [-0.2, 0) is 6.54 Å². The first kappa shape index (κ1) is 11.4. The highest BCUT2D eigenvalue weighted by atomic mass is 32.2. The number of benzene rings is 1. The molecule has 4 nitrogen and oxygen atoms in total. The first-order valence-electron chi connectivity index (χ1n) is 5.40. The zero-order valence-electron chi connectivity index (χ0n) is 9.02. The fraction of sp³-hybridized carbons (Fsp3) is 0.455. The maximum atomic E-state index is 10.6. The quantitative estimate of drug-likeness (QED) is 0.625. The third-order valence-electron chi connectivity index (χ3n) is 2.78. The van der Waals surface area contributed by atoms with Crippen LogP contribution >= 0.6 is 11.8 Å². The van der Waals surface area contributed by atoms with E-state index in [1.165, 1.54) is 16.4 Å². The molecule has 1 saturated heterocycles. The van der Waals surface area contributed by atoms with Gasteiger partial charge in [-0.15, -0.1) is 0 Å². The molecular formula is C11H15N2O2S+. The van der Waals surface area contributed by atoms with Crippen LogP contribution in [0.4, 0.5) is 5.69 Å². The summed E-state index contributed by atoms with van der Waals surface area (Å²) in [5, 5.41) is 10.6. The van der Waals surface area contributed by atoms with Crippen molar-refractivity contribution in [3.8, 4) is 0 Å². The molecule has 5 heteroatoms. The van der Waals surface area contributed by atoms with Crippen LogP contribution in [0.5, 0.6) is 0 Å². The Hall–Kier alpha value is -1.07. The van der Waals surface area contributed by atoms with Crippen LogP contribution < -0.4 is 4.90 Å². The molecule has 0 saturated carbocycles. The Kier molecular flexibility index (Phi) is 3.79. The molecule has 0 bridgehead atoms. The lowest BCUT2D eigenvalue weighted by atomic mass is 10.2. The molecule has 0 radical (unpaired) electrons. The molecule has 86 valence electrons. The summed E-state index contributed by atoms with van der Waals surface area (Å²) in [6.45, 7) is 3.23. The Labute approximate surface area is 98.8 Å². The summed E-state index contributed by atoms with van der Waals surface area (Å²) in [5.74, 6) is 2.40. The summed E-state index contributed by atoms with van der Waals surface area (Å²) in [4.78, 5) is 11.8. The first-order valence-corrected chi connectivity index (χ1v) is 6.56. The number of nitro groups is 1. The van der Waals surface area contributed by atoms with Crippen molar-refractivity contribution in [2.24, 2.45) is 0 Å². The molecule has 0 aromatic heterocycles. The molecule has 1 heterocycles. The molecule has 1 N–H and O–H groups in total. The fourth-order valence-electron chi connectivity index (χ4n) is 1.91. The summed E-state index contributed by atoms with van der Waals surface area (Å²) >= 11 is 1.99. The number of rotatable bonds is 3. The first-order chi connectivity index (χ1) is 7.75. The third-order valence-corrected chi connectivity index (χ3v) is 3.76. The lowest BCUT2D eigenvalue weighted by molar-refractivity contribution is -0.910. The van der Waals surface area contributed by atoms with Crippen molar-refractivity contribution in [2.45, 2.75) is 6.54 Å². The SMILES string of the molecule is O=[N+]([O-])c1cccc(C[NH+]2CCSCC2)c1. The number of non-ortho nitro benzene ring substituents is 1. The highest BCUT2D eigenvalue weighted by Crippen LogP contribution is 2.12. The molecule has 1 aliphatic heterocycles. The predicted molar refractivity (Wildman–Crippen MR) is 64.8 cm³/mol. The summed E-state index contributed by atoms with van der Waals surface area (Å²) in [6, 6.07) is 6.98. The van der Waals surface area contributed by atoms with Gasteiger partial charge in [-0.2, -0.15) is 11.8 Å². The predicted octanol–water partition coefficient (Wildman–Crippen LogP) is 0.726. The van der Waals surface area contributed by atoms with Crippen LogP contribution in [0.15, 0.2) is 24.3 Å². The van der Waals surface area contributed by atoms with Crippen LogP contribution in [0, 0.1) is 10.1 Å². The van der Waals surface area contributed by atoms with Gasteiger partial charge in [0, 0.05) is 29.2 Å². The second-order valence-corrected chi connectivity index (χ2v) is 5.19. The van der Waals surface area contributed by atoms with Crippen LogP contribution in [0.1, 0.15) is 5.56 Å². The minimum absolute atomic E-state index is 0.197. The van der Waals surface area contributed by atoms with Crippen LogP contribution in [0.3, 0.4) is 0 Å². The van der Waals surface area contributed by atoms with E-state index in [-0.39, 0.29) is 10.6 Å². The lowest BCUT2D eigenvalue weighted by Gasteiger charge is -2.23. The van der Waals surface area contributed by atoms with Gasteiger partial charge in [-0.1, -0.05) is 12.1 Å². The molecule has 1 aliphatic rings. The molecule has 0 aliphatic carbocycles. The summed E-state index contributed by atoms with van der Waals surface area (Å²) in [7, 11) is 0. The van der Waals surface area contributed by atoms with Gasteiger partial charge in [0.2, 0.25) is 0 Å². The number of quaternary nitrogens is 1. The molecule has 0 unspecified atom stereocenters. The second-order valence-electron chi connectivity index (χ2n) is 3.97. The number of nitrogens with one attached hydrogen (secondary N) is 1. The van der Waals surface area contributed by atoms with Crippen LogP contribution in [-0.4, -0.2) is 29.5 Å². The molecule has 0 amide bonds. The maximum absolute atomic E-state index is 10.6. The van der Waals surface area contributed by atoms with Crippen molar-refractivity contribution in [2.75, 3.05) is 24.6 Å². The number of hydrogen-bond acceptors (Lipinski definition) is 3. The van der Waals surface area contributed by atoms with Gasteiger partial charge in [-0.05, 0) is 0 Å². The molecule has 0 atom stereocenters. The number of thioether (sulfide) groups is 1. The third kappa shape index (κ3) is 2.96. The largest absolute Gasteiger partial charge is 0.330 e. The molecule has 1 fully saturated rings. The Bertz CT molecular complexity index is 378. The lowest BCUT2D eigenvalue weighted by Crippen LogP contribution is -3.12. The van der Waals surface area contributed by atoms with Gasteiger partial charge in [-0.25, -0.2) is 0 Å². The number of nitro benzene ring substituents is 1. The van der Waals surface area contributed by atoms with Gasteiger partial charge in [-0.3, -0.25) is 10.1 Å². The van der Waals surface area contributed by atoms with Gasteiger partial charge in [0.05, 0.1) is 18.0 Å². The van der Waals surface area contributed by atoms with Gasteiger partial charge >= 0.3 is 0 Å². The van der Waals surface area contributed by atoms with Gasteiger partial charge in [0.25, 0.3) is 5.69 Å². The van der Waals surface area contributed by atoms with Crippen molar-refractivity contribution in [1.29, 1.82) is 0 Å². The normalized spacial score (nSPS) is 17.2. The topological polar surface area (TPSA) is 47.6 Å². The second kappa shape index (κ2) is 5.32. The van der Waals surface area contributed by atoms with E-state index >= 15 is 0 Å². The molecule has 1 aromatic rings. The van der Waals surface area contributed by atoms with Crippen molar-refractivity contribution in [1.82, 2.24) is 0 Å². The Morgan fingerprint density at radius 2 is 2.12 bits per heavy atom. The van der Waals surface area contributed by atoms with E-state index in [4.69, 9.17) is 0 Å². The fourth-order valence-corrected chi connectivity index (χ4v) is 2.98. The smallest absolute Gasteiger partial charge is 0.269 e. The van der Waals surface area contributed by atoms with E-state index in [1.807, 2.05) is 17.8 Å². The van der Waals surface area contributed by atoms with E-state index in [2.05, 4.69) is 0 Å². The average molecular weight is 239 g/mol. The Balaban J connectivity index is 2.02. The van der Waals surface area contributed by atoms with Gasteiger partial charge in [0.1, 0.15) is 6.54 Å². The monoisotopic (exact) mass is 239 g/mol. The summed E-state index contributed by atoms with van der Waals surface area (Å²) in [6.07, 6.45) is 0. The van der Waals surface area contributed by atoms with Crippen LogP contribution in [0.25, 0.3) is 0 Å². The zero-order valence-corrected chi connectivity index (χ0v) is 9.83. The van der Waals surface area contributed by atoms with Gasteiger partial charge in [0.15, 0.2) is 0 Å². The Morgan fingerprint density at radius 1 is 1.38 bits per heavy atom. The zero-order chi connectivity index (χ0) is 11.4. The van der Waals surface area contributed by atoms with Crippen molar-refractivity contribution in [3.63, 3.8) is 0 Å². The highest BCUT2D eigenvalue weighted by Gasteiger charge is 2.15. The van der Waals surface area contributed by atoms with Gasteiger partial charge < -0.3 is 4.90 Å². The Morgan fingerprint density at radius 3 is 2.81 bits per heavy atom. The van der Waals surface area contributed by atoms with E-state index in [0.717, 1.165) is 25.2 Å². The molecule has 2 rings (SSSR count). The minimum Gasteiger partial charge on any atom is -0.330 e. The van der Waals surface area contributed by atoms with E-state index in [9.17, 15) is 10.1 Å². The maximum Gasteiger partial charge on any atom is 0.269 e. The average Bonchev–Trinajstić information content (AvgIpc) is 2.30. The minimum atomic E-state index is -0.328. The van der Waals surface area contributed by atoms with E-state index < -0.39 is 0 Å². The van der Waals surface area contributed by atoms with E-state index in [0.29, 0.717) is 0 Å². The van der Waals surface area contributed by atoms with Crippen molar-refractivity contribution in [3.05, 3.63) is 39.9 Å². The number of nitrogens with zero attached hydrogens (tertiary/aromatic N) is 1. The molecule has 0 spiro atoms. The molecule has 16 heavy (non-hydrogen) atoms. The summed E-state index contributed by atoms with van der Waals surface area (Å²) < 4.78 is 0. The molecular weight excluding hydrogens is 224 g/mol. The summed E-state index contributed by atoms with van der Waals surface area (Å²) in [5.41, 5.74) is 1.26. The molecule has 1 aromatic carbocycles.